The number of carbonyl (C=O) groups excluding carboxylic acids is 2. The minimum absolute atomic E-state index is 0.0314. The lowest BCUT2D eigenvalue weighted by molar-refractivity contribution is -0.123. The van der Waals surface area contributed by atoms with Gasteiger partial charge in [-0.1, -0.05) is 12.1 Å². The fourth-order valence-corrected chi connectivity index (χ4v) is 4.80. The van der Waals surface area contributed by atoms with E-state index < -0.39 is 0 Å². The molecule has 2 atom stereocenters. The van der Waals surface area contributed by atoms with E-state index in [1.165, 1.54) is 10.6 Å². The predicted molar refractivity (Wildman–Crippen MR) is 104 cm³/mol. The lowest BCUT2D eigenvalue weighted by atomic mass is 9.80. The van der Waals surface area contributed by atoms with Crippen molar-refractivity contribution in [3.8, 4) is 0 Å². The van der Waals surface area contributed by atoms with Crippen molar-refractivity contribution in [1.82, 2.24) is 4.90 Å². The normalized spacial score (nSPS) is 26.5. The molecular formula is C22H28N2O3. The third-order valence-electron chi connectivity index (χ3n) is 5.96. The molecular weight excluding hydrogens is 340 g/mol. The summed E-state index contributed by atoms with van der Waals surface area (Å²) < 4.78 is 5.49. The zero-order valence-electron chi connectivity index (χ0n) is 16.2. The number of aryl methyl sites for hydroxylation is 2. The summed E-state index contributed by atoms with van der Waals surface area (Å²) in [6.07, 6.45) is 5.72. The van der Waals surface area contributed by atoms with Gasteiger partial charge < -0.3 is 9.64 Å². The summed E-state index contributed by atoms with van der Waals surface area (Å²) in [6, 6.07) is 5.93. The molecule has 2 saturated heterocycles. The summed E-state index contributed by atoms with van der Waals surface area (Å²) >= 11 is 0. The Hall–Kier alpha value is -2.14. The molecule has 2 aliphatic heterocycles. The number of anilines is 1. The standard InChI is InChI=1S/C22H28N2O3/c1-15-11-16(2)13-17(12-15)24-21(25)14-19(22(24)26)18-5-3-4-6-20(18)23-7-9-27-10-8-23/h6,11-13,18-19H,3-5,7-10,14H2,1-2H3/t18-,19+/m0/s1. The van der Waals surface area contributed by atoms with Gasteiger partial charge in [0.2, 0.25) is 11.8 Å². The quantitative estimate of drug-likeness (QED) is 0.769. The Morgan fingerprint density at radius 3 is 2.41 bits per heavy atom. The van der Waals surface area contributed by atoms with Crippen LogP contribution in [0.5, 0.6) is 0 Å². The lowest BCUT2D eigenvalue weighted by Gasteiger charge is -2.38. The number of hydrogen-bond acceptors (Lipinski definition) is 4. The molecule has 0 unspecified atom stereocenters. The molecule has 0 saturated carbocycles. The predicted octanol–water partition coefficient (Wildman–Crippen LogP) is 3.20. The first-order chi connectivity index (χ1) is 13.0. The first-order valence-corrected chi connectivity index (χ1v) is 10.0. The fourth-order valence-electron chi connectivity index (χ4n) is 4.80. The van der Waals surface area contributed by atoms with Crippen LogP contribution >= 0.6 is 0 Å². The van der Waals surface area contributed by atoms with Crippen LogP contribution in [-0.4, -0.2) is 43.0 Å². The second-order valence-electron chi connectivity index (χ2n) is 7.99. The van der Waals surface area contributed by atoms with Gasteiger partial charge in [0.15, 0.2) is 0 Å². The highest BCUT2D eigenvalue weighted by molar-refractivity contribution is 6.21. The van der Waals surface area contributed by atoms with E-state index in [2.05, 4.69) is 17.0 Å². The van der Waals surface area contributed by atoms with Crippen LogP contribution in [0.1, 0.15) is 36.8 Å². The lowest BCUT2D eigenvalue weighted by Crippen LogP contribution is -2.41. The van der Waals surface area contributed by atoms with Crippen LogP contribution in [0.2, 0.25) is 0 Å². The van der Waals surface area contributed by atoms with E-state index in [1.807, 2.05) is 26.0 Å². The Balaban J connectivity index is 1.60. The van der Waals surface area contributed by atoms with Gasteiger partial charge in [0.25, 0.3) is 0 Å². The molecule has 1 aliphatic carbocycles. The summed E-state index contributed by atoms with van der Waals surface area (Å²) in [7, 11) is 0. The third kappa shape index (κ3) is 3.53. The van der Waals surface area contributed by atoms with E-state index in [4.69, 9.17) is 4.74 Å². The van der Waals surface area contributed by atoms with Gasteiger partial charge in [-0.2, -0.15) is 0 Å². The molecule has 0 aromatic heterocycles. The molecule has 4 rings (SSSR count). The molecule has 1 aromatic rings. The van der Waals surface area contributed by atoms with E-state index in [9.17, 15) is 9.59 Å². The molecule has 5 heteroatoms. The monoisotopic (exact) mass is 368 g/mol. The van der Waals surface area contributed by atoms with Gasteiger partial charge >= 0.3 is 0 Å². The van der Waals surface area contributed by atoms with Gasteiger partial charge in [-0.3, -0.25) is 14.5 Å². The third-order valence-corrected chi connectivity index (χ3v) is 5.96. The highest BCUT2D eigenvalue weighted by Gasteiger charge is 2.45. The number of nitrogens with zero attached hydrogens (tertiary/aromatic N) is 2. The fraction of sp³-hybridized carbons (Fsp3) is 0.545. The SMILES string of the molecule is Cc1cc(C)cc(N2C(=O)C[C@H]([C@@H]3CCCC=C3N3CCOCC3)C2=O)c1. The van der Waals surface area contributed by atoms with Crippen LogP contribution in [0.15, 0.2) is 30.0 Å². The van der Waals surface area contributed by atoms with Crippen LogP contribution in [0.25, 0.3) is 0 Å². The maximum absolute atomic E-state index is 13.3. The Bertz CT molecular complexity index is 760. The molecule has 0 spiro atoms. The molecule has 2 heterocycles. The molecule has 0 radical (unpaired) electrons. The highest BCUT2D eigenvalue weighted by Crippen LogP contribution is 2.40. The zero-order chi connectivity index (χ0) is 19.0. The Labute approximate surface area is 161 Å². The number of carbonyl (C=O) groups is 2. The van der Waals surface area contributed by atoms with E-state index in [1.54, 1.807) is 0 Å². The van der Waals surface area contributed by atoms with E-state index in [-0.39, 0.29) is 23.7 Å². The molecule has 2 amide bonds. The number of rotatable bonds is 3. The minimum Gasteiger partial charge on any atom is -0.378 e. The average Bonchev–Trinajstić information content (AvgIpc) is 2.96. The molecule has 3 aliphatic rings. The zero-order valence-corrected chi connectivity index (χ0v) is 16.2. The number of allylic oxidation sites excluding steroid dienone is 2. The van der Waals surface area contributed by atoms with E-state index in [0.717, 1.165) is 62.4 Å². The molecule has 5 nitrogen and oxygen atoms in total. The topological polar surface area (TPSA) is 49.9 Å². The van der Waals surface area contributed by atoms with Gasteiger partial charge in [-0.15, -0.1) is 0 Å². The summed E-state index contributed by atoms with van der Waals surface area (Å²) in [5.41, 5.74) is 4.12. The molecule has 0 N–H and O–H groups in total. The first kappa shape index (κ1) is 18.2. The number of imide groups is 1. The Morgan fingerprint density at radius 2 is 1.70 bits per heavy atom. The number of amides is 2. The van der Waals surface area contributed by atoms with Crippen LogP contribution in [0.4, 0.5) is 5.69 Å². The van der Waals surface area contributed by atoms with Crippen LogP contribution in [0, 0.1) is 25.7 Å². The van der Waals surface area contributed by atoms with Crippen LogP contribution < -0.4 is 4.90 Å². The van der Waals surface area contributed by atoms with Crippen molar-refractivity contribution >= 4 is 17.5 Å². The van der Waals surface area contributed by atoms with Gasteiger partial charge in [0.1, 0.15) is 0 Å². The Kier molecular flexibility index (Phi) is 5.04. The summed E-state index contributed by atoms with van der Waals surface area (Å²) in [5.74, 6) is -0.199. The van der Waals surface area contributed by atoms with E-state index >= 15 is 0 Å². The number of morpholine rings is 1. The molecule has 2 fully saturated rings. The molecule has 144 valence electrons. The first-order valence-electron chi connectivity index (χ1n) is 10.0. The van der Waals surface area contributed by atoms with Crippen LogP contribution in [-0.2, 0) is 14.3 Å². The largest absolute Gasteiger partial charge is 0.378 e. The average molecular weight is 368 g/mol. The smallest absolute Gasteiger partial charge is 0.238 e. The van der Waals surface area contributed by atoms with Crippen molar-refractivity contribution in [1.29, 1.82) is 0 Å². The maximum Gasteiger partial charge on any atom is 0.238 e. The number of benzene rings is 1. The molecule has 1 aromatic carbocycles. The number of hydrogen-bond donors (Lipinski definition) is 0. The second kappa shape index (κ2) is 7.47. The van der Waals surface area contributed by atoms with Gasteiger partial charge in [0, 0.05) is 31.1 Å². The van der Waals surface area contributed by atoms with Crippen molar-refractivity contribution in [2.45, 2.75) is 39.5 Å². The molecule has 27 heavy (non-hydrogen) atoms. The Morgan fingerprint density at radius 1 is 1.00 bits per heavy atom. The number of ether oxygens (including phenoxy) is 1. The second-order valence-corrected chi connectivity index (χ2v) is 7.99. The minimum atomic E-state index is -0.243. The van der Waals surface area contributed by atoms with Crippen molar-refractivity contribution < 1.29 is 14.3 Å². The summed E-state index contributed by atoms with van der Waals surface area (Å²) in [6.45, 7) is 7.21. The van der Waals surface area contributed by atoms with Crippen molar-refractivity contribution in [3.05, 3.63) is 41.1 Å². The molecule has 0 bridgehead atoms. The van der Waals surface area contributed by atoms with E-state index in [0.29, 0.717) is 6.42 Å². The summed E-state index contributed by atoms with van der Waals surface area (Å²) in [4.78, 5) is 29.9. The maximum atomic E-state index is 13.3. The van der Waals surface area contributed by atoms with Gasteiger partial charge in [-0.05, 0) is 56.4 Å². The van der Waals surface area contributed by atoms with Crippen LogP contribution in [0.3, 0.4) is 0 Å². The van der Waals surface area contributed by atoms with Gasteiger partial charge in [-0.25, -0.2) is 0 Å². The van der Waals surface area contributed by atoms with Crippen molar-refractivity contribution in [3.63, 3.8) is 0 Å². The summed E-state index contributed by atoms with van der Waals surface area (Å²) in [5, 5.41) is 0. The van der Waals surface area contributed by atoms with Crippen molar-refractivity contribution in [2.24, 2.45) is 11.8 Å². The van der Waals surface area contributed by atoms with Gasteiger partial charge in [0.05, 0.1) is 24.8 Å². The van der Waals surface area contributed by atoms with Crippen molar-refractivity contribution in [2.75, 3.05) is 31.2 Å². The highest BCUT2D eigenvalue weighted by atomic mass is 16.5.